The van der Waals surface area contributed by atoms with Gasteiger partial charge in [0.15, 0.2) is 0 Å². The first-order chi connectivity index (χ1) is 9.33. The van der Waals surface area contributed by atoms with Crippen LogP contribution in [-0.2, 0) is 5.41 Å². The highest BCUT2D eigenvalue weighted by molar-refractivity contribution is 5.83. The van der Waals surface area contributed by atoms with Crippen LogP contribution in [0.5, 0.6) is 0 Å². The summed E-state index contributed by atoms with van der Waals surface area (Å²) in [6, 6.07) is 17.3. The first kappa shape index (κ1) is 12.0. The van der Waals surface area contributed by atoms with Crippen molar-refractivity contribution < 1.29 is 0 Å². The van der Waals surface area contributed by atoms with Gasteiger partial charge < -0.3 is 0 Å². The number of rotatable bonds is 3. The normalized spacial score (nSPS) is 15.2. The van der Waals surface area contributed by atoms with Crippen molar-refractivity contribution in [3.05, 3.63) is 84.5 Å². The minimum Gasteiger partial charge on any atom is -0.102 e. The van der Waals surface area contributed by atoms with Crippen molar-refractivity contribution in [1.82, 2.24) is 0 Å². The van der Waals surface area contributed by atoms with Gasteiger partial charge in [0, 0.05) is 0 Å². The molecule has 1 aliphatic carbocycles. The number of allylic oxidation sites excluding steroid dienone is 3. The Morgan fingerprint density at radius 2 is 1.47 bits per heavy atom. The topological polar surface area (TPSA) is 0 Å². The fraction of sp³-hybridized carbons (Fsp3) is 0.158. The van der Waals surface area contributed by atoms with E-state index in [0.29, 0.717) is 0 Å². The Bertz CT molecular complexity index is 601. The van der Waals surface area contributed by atoms with Crippen molar-refractivity contribution in [2.24, 2.45) is 0 Å². The molecule has 2 aromatic rings. The largest absolute Gasteiger partial charge is 0.102 e. The van der Waals surface area contributed by atoms with Crippen LogP contribution in [-0.4, -0.2) is 0 Å². The van der Waals surface area contributed by atoms with Gasteiger partial charge in [-0.05, 0) is 28.7 Å². The summed E-state index contributed by atoms with van der Waals surface area (Å²) in [7, 11) is 0. The minimum atomic E-state index is -0.163. The molecule has 0 amide bonds. The Hall–Kier alpha value is -2.08. The summed E-state index contributed by atoms with van der Waals surface area (Å²) >= 11 is 0. The van der Waals surface area contributed by atoms with Gasteiger partial charge in [-0.25, -0.2) is 0 Å². The van der Waals surface area contributed by atoms with Crippen LogP contribution in [0.4, 0.5) is 0 Å². The average molecular weight is 246 g/mol. The molecule has 1 aliphatic rings. The molecule has 0 saturated heterocycles. The molecule has 0 fully saturated rings. The molecule has 0 atom stereocenters. The van der Waals surface area contributed by atoms with Gasteiger partial charge in [-0.15, -0.1) is 6.58 Å². The molecule has 2 aromatic carbocycles. The second-order valence-corrected chi connectivity index (χ2v) is 4.97. The lowest BCUT2D eigenvalue weighted by Gasteiger charge is -2.24. The molecule has 19 heavy (non-hydrogen) atoms. The van der Waals surface area contributed by atoms with E-state index in [0.717, 1.165) is 6.42 Å². The minimum absolute atomic E-state index is 0.163. The Morgan fingerprint density at radius 3 is 1.95 bits per heavy atom. The maximum absolute atomic E-state index is 4.11. The Kier molecular flexibility index (Phi) is 2.87. The lowest BCUT2D eigenvalue weighted by atomic mass is 9.78. The zero-order valence-electron chi connectivity index (χ0n) is 11.3. The molecule has 0 unspecified atom stereocenters. The Balaban J connectivity index is 2.36. The van der Waals surface area contributed by atoms with E-state index in [4.69, 9.17) is 0 Å². The highest BCUT2D eigenvalue weighted by atomic mass is 14.4. The lowest BCUT2D eigenvalue weighted by molar-refractivity contribution is 0.841. The molecular weight excluding hydrogens is 228 g/mol. The number of hydrogen-bond acceptors (Lipinski definition) is 0. The van der Waals surface area contributed by atoms with Crippen LogP contribution in [0.25, 0.3) is 11.1 Å². The van der Waals surface area contributed by atoms with Crippen LogP contribution in [0.1, 0.15) is 24.5 Å². The second-order valence-electron chi connectivity index (χ2n) is 4.97. The van der Waals surface area contributed by atoms with Crippen LogP contribution < -0.4 is 0 Å². The predicted molar refractivity (Wildman–Crippen MR) is 82.3 cm³/mol. The van der Waals surface area contributed by atoms with Gasteiger partial charge in [0.05, 0.1) is 5.41 Å². The van der Waals surface area contributed by atoms with Crippen molar-refractivity contribution in [2.45, 2.75) is 18.8 Å². The van der Waals surface area contributed by atoms with E-state index >= 15 is 0 Å². The fourth-order valence-electron chi connectivity index (χ4n) is 3.07. The molecule has 0 N–H and O–H groups in total. The molecule has 0 nitrogen and oxygen atoms in total. The number of benzene rings is 2. The first-order valence-electron chi connectivity index (χ1n) is 6.84. The molecule has 94 valence electrons. The monoisotopic (exact) mass is 246 g/mol. The number of hydrogen-bond donors (Lipinski definition) is 0. The van der Waals surface area contributed by atoms with E-state index in [-0.39, 0.29) is 5.41 Å². The van der Waals surface area contributed by atoms with Gasteiger partial charge >= 0.3 is 0 Å². The van der Waals surface area contributed by atoms with Gasteiger partial charge in [0.1, 0.15) is 0 Å². The van der Waals surface area contributed by atoms with Crippen LogP contribution in [0.2, 0.25) is 0 Å². The summed E-state index contributed by atoms with van der Waals surface area (Å²) in [5.41, 5.74) is 5.19. The molecule has 0 aliphatic heterocycles. The van der Waals surface area contributed by atoms with Gasteiger partial charge in [-0.1, -0.05) is 73.7 Å². The number of fused-ring (bicyclic) bond motifs is 3. The molecule has 0 heterocycles. The van der Waals surface area contributed by atoms with Crippen molar-refractivity contribution in [1.29, 1.82) is 0 Å². The van der Waals surface area contributed by atoms with E-state index in [1.54, 1.807) is 0 Å². The standard InChI is InChI=1S/C19H18/c1-3-5-14-19(4-2)17-12-8-6-10-15(17)16-11-7-9-13-18(16)19/h4-14H,2-3H2,1H3. The van der Waals surface area contributed by atoms with Crippen molar-refractivity contribution >= 4 is 0 Å². The third kappa shape index (κ3) is 1.60. The smallest absolute Gasteiger partial charge is 0.0572 e. The SMILES string of the molecule is C=CC1(C=CCC)c2ccccc2-c2ccccc21. The van der Waals surface area contributed by atoms with Crippen LogP contribution in [0.15, 0.2) is 73.3 Å². The highest BCUT2D eigenvalue weighted by Crippen LogP contribution is 2.50. The van der Waals surface area contributed by atoms with Gasteiger partial charge in [0.2, 0.25) is 0 Å². The van der Waals surface area contributed by atoms with Crippen LogP contribution in [0, 0.1) is 0 Å². The molecule has 0 bridgehead atoms. The van der Waals surface area contributed by atoms with E-state index in [1.165, 1.54) is 22.3 Å². The van der Waals surface area contributed by atoms with E-state index in [9.17, 15) is 0 Å². The summed E-state index contributed by atoms with van der Waals surface area (Å²) < 4.78 is 0. The summed E-state index contributed by atoms with van der Waals surface area (Å²) in [4.78, 5) is 0. The third-order valence-electron chi connectivity index (χ3n) is 3.97. The molecule has 0 aromatic heterocycles. The van der Waals surface area contributed by atoms with Crippen LogP contribution >= 0.6 is 0 Å². The summed E-state index contributed by atoms with van der Waals surface area (Å²) in [6.45, 7) is 6.28. The van der Waals surface area contributed by atoms with E-state index in [1.807, 2.05) is 0 Å². The van der Waals surface area contributed by atoms with Gasteiger partial charge in [-0.2, -0.15) is 0 Å². The molecule has 0 heteroatoms. The van der Waals surface area contributed by atoms with E-state index in [2.05, 4.69) is 80.3 Å². The maximum Gasteiger partial charge on any atom is 0.0572 e. The third-order valence-corrected chi connectivity index (χ3v) is 3.97. The zero-order valence-corrected chi connectivity index (χ0v) is 11.3. The maximum atomic E-state index is 4.11. The zero-order chi connectivity index (χ0) is 13.3. The van der Waals surface area contributed by atoms with E-state index < -0.39 is 0 Å². The molecule has 0 spiro atoms. The second kappa shape index (κ2) is 4.55. The Labute approximate surface area is 115 Å². The van der Waals surface area contributed by atoms with Gasteiger partial charge in [0.25, 0.3) is 0 Å². The predicted octanol–water partition coefficient (Wildman–Crippen LogP) is 5.11. The Morgan fingerprint density at radius 1 is 0.947 bits per heavy atom. The first-order valence-corrected chi connectivity index (χ1v) is 6.84. The molecule has 0 radical (unpaired) electrons. The highest BCUT2D eigenvalue weighted by Gasteiger charge is 2.38. The molecular formula is C19H18. The van der Waals surface area contributed by atoms with Crippen LogP contribution in [0.3, 0.4) is 0 Å². The lowest BCUT2D eigenvalue weighted by Crippen LogP contribution is -2.18. The summed E-state index contributed by atoms with van der Waals surface area (Å²) in [5.74, 6) is 0. The molecule has 3 rings (SSSR count). The summed E-state index contributed by atoms with van der Waals surface area (Å²) in [6.07, 6.45) is 7.65. The average Bonchev–Trinajstić information content (AvgIpc) is 2.77. The quantitative estimate of drug-likeness (QED) is 0.660. The fourth-order valence-corrected chi connectivity index (χ4v) is 3.07. The van der Waals surface area contributed by atoms with Gasteiger partial charge in [-0.3, -0.25) is 0 Å². The summed E-state index contributed by atoms with van der Waals surface area (Å²) in [5, 5.41) is 0. The van der Waals surface area contributed by atoms with Crippen molar-refractivity contribution in [3.63, 3.8) is 0 Å². The van der Waals surface area contributed by atoms with Crippen molar-refractivity contribution in [2.75, 3.05) is 0 Å². The molecule has 0 saturated carbocycles. The van der Waals surface area contributed by atoms with Crippen molar-refractivity contribution in [3.8, 4) is 11.1 Å².